The minimum atomic E-state index is -0.696. The van der Waals surface area contributed by atoms with Crippen molar-refractivity contribution >= 4 is 17.1 Å². The summed E-state index contributed by atoms with van der Waals surface area (Å²) in [6, 6.07) is 71.0. The first-order valence-corrected chi connectivity index (χ1v) is 28.7. The van der Waals surface area contributed by atoms with E-state index >= 15 is 0 Å². The van der Waals surface area contributed by atoms with E-state index in [1.165, 1.54) is 16.7 Å². The summed E-state index contributed by atoms with van der Waals surface area (Å²) in [4.78, 5) is 33.5. The number of pyridine rings is 3. The molecule has 6 heteroatoms. The second-order valence-electron chi connectivity index (χ2n) is 26.3. The van der Waals surface area contributed by atoms with Crippen molar-refractivity contribution in [1.29, 1.82) is 0 Å². The minimum absolute atomic E-state index is 0.0198. The van der Waals surface area contributed by atoms with E-state index in [2.05, 4.69) is 265 Å². The lowest BCUT2D eigenvalue weighted by atomic mass is 9.65. The average molecular weight is 1060 g/mol. The molecule has 0 N–H and O–H groups in total. The molecule has 0 saturated heterocycles. The summed E-state index contributed by atoms with van der Waals surface area (Å²) in [7, 11) is 0. The lowest BCUT2D eigenvalue weighted by Crippen LogP contribution is -2.52. The van der Waals surface area contributed by atoms with Crippen molar-refractivity contribution in [3.63, 3.8) is 0 Å². The maximum absolute atomic E-state index is 6.08. The third-order valence-electron chi connectivity index (χ3n) is 15.8. The van der Waals surface area contributed by atoms with E-state index in [1.54, 1.807) is 0 Å². The fourth-order valence-corrected chi connectivity index (χ4v) is 11.9. The Hall–Kier alpha value is -8.22. The van der Waals surface area contributed by atoms with Gasteiger partial charge in [-0.3, -0.25) is 29.9 Å². The number of benzene rings is 6. The predicted molar refractivity (Wildman–Crippen MR) is 340 cm³/mol. The third kappa shape index (κ3) is 13.2. The zero-order valence-electron chi connectivity index (χ0n) is 49.6. The van der Waals surface area contributed by atoms with E-state index in [4.69, 9.17) is 29.9 Å². The van der Waals surface area contributed by atoms with E-state index in [-0.39, 0.29) is 16.2 Å². The van der Waals surface area contributed by atoms with Crippen LogP contribution in [-0.4, -0.2) is 48.7 Å². The highest BCUT2D eigenvalue weighted by molar-refractivity contribution is 6.14. The first-order valence-electron chi connectivity index (χ1n) is 28.7. The van der Waals surface area contributed by atoms with Crippen molar-refractivity contribution < 1.29 is 0 Å². The molecule has 81 heavy (non-hydrogen) atoms. The number of nitrogens with zero attached hydrogens (tertiary/aromatic N) is 6. The quantitative estimate of drug-likeness (QED) is 0.114. The zero-order chi connectivity index (χ0) is 57.2. The van der Waals surface area contributed by atoms with Gasteiger partial charge in [0.05, 0.1) is 50.8 Å². The Kier molecular flexibility index (Phi) is 15.5. The van der Waals surface area contributed by atoms with Gasteiger partial charge in [-0.25, -0.2) is 0 Å². The zero-order valence-corrected chi connectivity index (χ0v) is 49.6. The summed E-state index contributed by atoms with van der Waals surface area (Å²) >= 11 is 0. The van der Waals surface area contributed by atoms with Gasteiger partial charge in [-0.2, -0.15) is 0 Å². The summed E-state index contributed by atoms with van der Waals surface area (Å²) in [5, 5.41) is 0. The van der Waals surface area contributed by atoms with Crippen LogP contribution in [0.3, 0.4) is 0 Å². The Bertz CT molecular complexity index is 3270. The van der Waals surface area contributed by atoms with Gasteiger partial charge in [0.2, 0.25) is 0 Å². The van der Waals surface area contributed by atoms with Crippen LogP contribution >= 0.6 is 0 Å². The number of rotatable bonds is 12. The lowest BCUT2D eigenvalue weighted by molar-refractivity contribution is 0.149. The van der Waals surface area contributed by atoms with Gasteiger partial charge in [-0.1, -0.05) is 226 Å². The lowest BCUT2D eigenvalue weighted by Gasteiger charge is -2.49. The molecule has 0 bridgehead atoms. The minimum Gasteiger partial charge on any atom is -0.278 e. The topological polar surface area (TPSA) is 75.8 Å². The van der Waals surface area contributed by atoms with Crippen molar-refractivity contribution in [2.45, 2.75) is 135 Å². The molecule has 1 aliphatic rings. The van der Waals surface area contributed by atoms with E-state index < -0.39 is 16.6 Å². The van der Waals surface area contributed by atoms with Gasteiger partial charge in [-0.15, -0.1) is 0 Å². The molecule has 0 amide bonds. The molecule has 1 saturated carbocycles. The van der Waals surface area contributed by atoms with Crippen molar-refractivity contribution in [3.05, 3.63) is 269 Å². The standard InChI is InChI=1S/C75H78N6/c1-70(2,3)61-37-28-55(29-38-61)67(58-34-43-64(76-46-58)52-22-16-13-17-23-52)79-73(10)49-74(11,80-68(56-30-39-62(40-31-56)71(4,5)6)59-35-44-65(77-47-59)53-24-18-14-19-25-53)51-75(12,50-73)81-69(57-32-41-63(42-33-57)72(7,8)9)60-36-45-66(78-48-60)54-26-20-15-21-27-54/h13-48H,49-51H2,1-12H3. The van der Waals surface area contributed by atoms with Gasteiger partial charge < -0.3 is 0 Å². The van der Waals surface area contributed by atoms with Crippen LogP contribution in [-0.2, 0) is 16.2 Å². The smallest absolute Gasteiger partial charge is 0.0741 e. The van der Waals surface area contributed by atoms with Crippen LogP contribution in [0.5, 0.6) is 0 Å². The molecular formula is C75H78N6. The molecule has 3 heterocycles. The molecular weight excluding hydrogens is 985 g/mol. The second kappa shape index (κ2) is 22.4. The van der Waals surface area contributed by atoms with E-state index in [1.807, 2.05) is 36.8 Å². The molecule has 0 radical (unpaired) electrons. The first-order chi connectivity index (χ1) is 38.5. The summed E-state index contributed by atoms with van der Waals surface area (Å²) in [6.45, 7) is 27.3. The van der Waals surface area contributed by atoms with E-state index in [0.29, 0.717) is 19.3 Å². The molecule has 1 aliphatic carbocycles. The molecule has 6 aromatic carbocycles. The molecule has 10 rings (SSSR count). The third-order valence-corrected chi connectivity index (χ3v) is 15.8. The van der Waals surface area contributed by atoms with Gasteiger partial charge in [0.25, 0.3) is 0 Å². The number of aliphatic imine (C=N–C) groups is 3. The molecule has 0 atom stereocenters. The molecule has 0 spiro atoms. The van der Waals surface area contributed by atoms with Gasteiger partial charge >= 0.3 is 0 Å². The Balaban J connectivity index is 1.19. The summed E-state index contributed by atoms with van der Waals surface area (Å²) in [6.07, 6.45) is 7.93. The largest absolute Gasteiger partial charge is 0.278 e. The first kappa shape index (κ1) is 56.1. The van der Waals surface area contributed by atoms with Crippen LogP contribution in [0.15, 0.2) is 234 Å². The van der Waals surface area contributed by atoms with Crippen molar-refractivity contribution in [2.75, 3.05) is 0 Å². The fraction of sp³-hybridized carbons (Fsp3) is 0.280. The molecule has 1 fully saturated rings. The highest BCUT2D eigenvalue weighted by atomic mass is 15.0. The summed E-state index contributed by atoms with van der Waals surface area (Å²) < 4.78 is 0. The molecule has 408 valence electrons. The van der Waals surface area contributed by atoms with E-state index in [9.17, 15) is 0 Å². The SMILES string of the molecule is CC1(N=C(c2ccc(C(C)(C)C)cc2)c2ccc(-c3ccccc3)nc2)CC(C)(N=C(c2ccc(C(C)(C)C)cc2)c2ccc(-c3ccccc3)nc2)CC(C)(N=C(c2ccc(C(C)(C)C)cc2)c2ccc(-c3ccccc3)nc2)C1. The predicted octanol–water partition coefficient (Wildman–Crippen LogP) is 18.1. The van der Waals surface area contributed by atoms with Crippen LogP contribution in [0.1, 0.15) is 152 Å². The Morgan fingerprint density at radius 1 is 0.296 bits per heavy atom. The van der Waals surface area contributed by atoms with E-state index in [0.717, 1.165) is 84.3 Å². The Morgan fingerprint density at radius 3 is 0.716 bits per heavy atom. The van der Waals surface area contributed by atoms with Gasteiger partial charge in [-0.05, 0) is 109 Å². The number of hydrogen-bond acceptors (Lipinski definition) is 6. The number of aromatic nitrogens is 3. The van der Waals surface area contributed by atoms with Gasteiger partial charge in [0.15, 0.2) is 0 Å². The van der Waals surface area contributed by atoms with Crippen molar-refractivity contribution in [3.8, 4) is 33.8 Å². The number of hydrogen-bond donors (Lipinski definition) is 0. The monoisotopic (exact) mass is 1060 g/mol. The normalized spacial score (nSPS) is 19.3. The summed E-state index contributed by atoms with van der Waals surface area (Å²) in [5.74, 6) is 0. The van der Waals surface area contributed by atoms with Crippen LogP contribution < -0.4 is 0 Å². The van der Waals surface area contributed by atoms with Crippen LogP contribution in [0.4, 0.5) is 0 Å². The molecule has 0 aliphatic heterocycles. The molecule has 3 aromatic heterocycles. The maximum atomic E-state index is 6.08. The fourth-order valence-electron chi connectivity index (χ4n) is 11.9. The van der Waals surface area contributed by atoms with Crippen LogP contribution in [0.25, 0.3) is 33.8 Å². The molecule has 6 nitrogen and oxygen atoms in total. The second-order valence-corrected chi connectivity index (χ2v) is 26.3. The Morgan fingerprint density at radius 2 is 0.519 bits per heavy atom. The highest BCUT2D eigenvalue weighted by Crippen LogP contribution is 2.48. The highest BCUT2D eigenvalue weighted by Gasteiger charge is 2.50. The van der Waals surface area contributed by atoms with Crippen LogP contribution in [0, 0.1) is 0 Å². The maximum Gasteiger partial charge on any atom is 0.0741 e. The van der Waals surface area contributed by atoms with Crippen molar-refractivity contribution in [2.24, 2.45) is 15.0 Å². The average Bonchev–Trinajstić information content (AvgIpc) is 3.53. The van der Waals surface area contributed by atoms with Crippen molar-refractivity contribution in [1.82, 2.24) is 15.0 Å². The van der Waals surface area contributed by atoms with Gasteiger partial charge in [0.1, 0.15) is 0 Å². The van der Waals surface area contributed by atoms with Crippen LogP contribution in [0.2, 0.25) is 0 Å². The Labute approximate surface area is 482 Å². The summed E-state index contributed by atoms with van der Waals surface area (Å²) in [5.41, 5.74) is 16.2. The van der Waals surface area contributed by atoms with Gasteiger partial charge in [0, 0.05) is 68.7 Å². The molecule has 9 aromatic rings. The molecule has 0 unspecified atom stereocenters.